The number of benzene rings is 2. The highest BCUT2D eigenvalue weighted by atomic mass is 35.5. The highest BCUT2D eigenvalue weighted by Crippen LogP contribution is 2.26. The summed E-state index contributed by atoms with van der Waals surface area (Å²) in [6.45, 7) is 1.87. The van der Waals surface area contributed by atoms with Crippen LogP contribution in [0.3, 0.4) is 0 Å². The third-order valence-corrected chi connectivity index (χ3v) is 4.77. The maximum absolute atomic E-state index is 13.8. The van der Waals surface area contributed by atoms with E-state index in [9.17, 15) is 12.8 Å². The molecule has 0 unspecified atom stereocenters. The van der Waals surface area contributed by atoms with E-state index < -0.39 is 15.8 Å². The molecule has 112 valence electrons. The number of rotatable bonds is 4. The van der Waals surface area contributed by atoms with Gasteiger partial charge in [0.25, 0.3) is 10.0 Å². The number of hydrogen-bond acceptors (Lipinski definition) is 3. The summed E-state index contributed by atoms with van der Waals surface area (Å²) in [5.41, 5.74) is 6.54. The van der Waals surface area contributed by atoms with Gasteiger partial charge < -0.3 is 5.73 Å². The molecule has 0 aromatic heterocycles. The van der Waals surface area contributed by atoms with Crippen molar-refractivity contribution in [3.8, 4) is 0 Å². The Morgan fingerprint density at radius 2 is 2.00 bits per heavy atom. The van der Waals surface area contributed by atoms with E-state index in [4.69, 9.17) is 17.3 Å². The van der Waals surface area contributed by atoms with Crippen LogP contribution in [-0.2, 0) is 16.6 Å². The second-order valence-corrected chi connectivity index (χ2v) is 6.57. The summed E-state index contributed by atoms with van der Waals surface area (Å²) in [6.07, 6.45) is 0. The first kappa shape index (κ1) is 15.8. The van der Waals surface area contributed by atoms with Crippen molar-refractivity contribution >= 4 is 27.3 Å². The molecular formula is C14H14ClFN2O2S. The minimum Gasteiger partial charge on any atom is -0.326 e. The summed E-state index contributed by atoms with van der Waals surface area (Å²) in [5, 5.41) is -0.150. The second kappa shape index (κ2) is 6.01. The number of hydrogen-bond donors (Lipinski definition) is 2. The first-order valence-electron chi connectivity index (χ1n) is 6.11. The van der Waals surface area contributed by atoms with Gasteiger partial charge in [-0.15, -0.1) is 0 Å². The van der Waals surface area contributed by atoms with E-state index >= 15 is 0 Å². The normalized spacial score (nSPS) is 11.4. The molecule has 0 aliphatic carbocycles. The van der Waals surface area contributed by atoms with Gasteiger partial charge in [-0.25, -0.2) is 12.8 Å². The molecule has 0 saturated heterocycles. The Hall–Kier alpha value is -1.63. The van der Waals surface area contributed by atoms with E-state index in [2.05, 4.69) is 4.72 Å². The highest BCUT2D eigenvalue weighted by Gasteiger charge is 2.19. The third kappa shape index (κ3) is 3.34. The molecule has 7 heteroatoms. The van der Waals surface area contributed by atoms with E-state index in [0.717, 1.165) is 0 Å². The van der Waals surface area contributed by atoms with E-state index in [-0.39, 0.29) is 22.2 Å². The van der Waals surface area contributed by atoms with Crippen molar-refractivity contribution in [3.05, 3.63) is 58.4 Å². The van der Waals surface area contributed by atoms with Crippen LogP contribution in [0.4, 0.5) is 10.1 Å². The third-order valence-electron chi connectivity index (χ3n) is 2.97. The van der Waals surface area contributed by atoms with Gasteiger partial charge in [-0.2, -0.15) is 0 Å². The molecule has 0 atom stereocenters. The Balaban J connectivity index is 2.46. The number of sulfonamides is 1. The maximum atomic E-state index is 13.8. The summed E-state index contributed by atoms with van der Waals surface area (Å²) in [6, 6.07) is 8.99. The monoisotopic (exact) mass is 328 g/mol. The van der Waals surface area contributed by atoms with Crippen molar-refractivity contribution in [1.82, 2.24) is 0 Å². The summed E-state index contributed by atoms with van der Waals surface area (Å²) in [4.78, 5) is 0.0600. The molecule has 4 nitrogen and oxygen atoms in total. The van der Waals surface area contributed by atoms with Crippen molar-refractivity contribution in [2.24, 2.45) is 5.73 Å². The van der Waals surface area contributed by atoms with Gasteiger partial charge >= 0.3 is 0 Å². The smallest absolute Gasteiger partial charge is 0.262 e. The molecule has 0 fully saturated rings. The predicted molar refractivity (Wildman–Crippen MR) is 81.3 cm³/mol. The molecule has 0 spiro atoms. The van der Waals surface area contributed by atoms with Crippen LogP contribution in [0.25, 0.3) is 0 Å². The summed E-state index contributed by atoms with van der Waals surface area (Å²) >= 11 is 5.64. The van der Waals surface area contributed by atoms with Gasteiger partial charge in [0.2, 0.25) is 0 Å². The zero-order chi connectivity index (χ0) is 15.6. The SMILES string of the molecule is Cc1ccc(CN)cc1S(=O)(=O)Nc1cccc(Cl)c1F. The van der Waals surface area contributed by atoms with Gasteiger partial charge in [0.15, 0.2) is 5.82 Å². The minimum absolute atomic E-state index is 0.0600. The van der Waals surface area contributed by atoms with E-state index in [1.807, 2.05) is 0 Å². The lowest BCUT2D eigenvalue weighted by molar-refractivity contribution is 0.598. The predicted octanol–water partition coefficient (Wildman–Crippen LogP) is 3.05. The molecule has 0 radical (unpaired) electrons. The fraction of sp³-hybridized carbons (Fsp3) is 0.143. The average Bonchev–Trinajstić information content (AvgIpc) is 2.44. The average molecular weight is 329 g/mol. The maximum Gasteiger partial charge on any atom is 0.262 e. The molecule has 0 amide bonds. The Morgan fingerprint density at radius 3 is 2.67 bits per heavy atom. The van der Waals surface area contributed by atoms with Crippen LogP contribution in [-0.4, -0.2) is 8.42 Å². The summed E-state index contributed by atoms with van der Waals surface area (Å²) < 4.78 is 40.8. The molecule has 0 bridgehead atoms. The molecule has 2 aromatic carbocycles. The topological polar surface area (TPSA) is 72.2 Å². The number of nitrogens with two attached hydrogens (primary N) is 1. The van der Waals surface area contributed by atoms with Crippen molar-refractivity contribution < 1.29 is 12.8 Å². The van der Waals surface area contributed by atoms with Gasteiger partial charge in [-0.3, -0.25) is 4.72 Å². The highest BCUT2D eigenvalue weighted by molar-refractivity contribution is 7.92. The fourth-order valence-electron chi connectivity index (χ4n) is 1.84. The number of anilines is 1. The van der Waals surface area contributed by atoms with E-state index in [1.54, 1.807) is 19.1 Å². The Labute approximate surface area is 127 Å². The largest absolute Gasteiger partial charge is 0.326 e. The van der Waals surface area contributed by atoms with Gasteiger partial charge in [-0.05, 0) is 36.2 Å². The number of aryl methyl sites for hydroxylation is 1. The summed E-state index contributed by atoms with van der Waals surface area (Å²) in [5.74, 6) is -0.810. The lowest BCUT2D eigenvalue weighted by Gasteiger charge is -2.12. The number of halogens is 2. The van der Waals surface area contributed by atoms with Crippen molar-refractivity contribution in [2.45, 2.75) is 18.4 Å². The molecule has 0 aliphatic heterocycles. The lowest BCUT2D eigenvalue weighted by Crippen LogP contribution is -2.16. The van der Waals surface area contributed by atoms with Crippen LogP contribution in [0.2, 0.25) is 5.02 Å². The van der Waals surface area contributed by atoms with Gasteiger partial charge in [-0.1, -0.05) is 29.8 Å². The van der Waals surface area contributed by atoms with Gasteiger partial charge in [0, 0.05) is 6.54 Å². The second-order valence-electron chi connectivity index (χ2n) is 4.51. The first-order valence-corrected chi connectivity index (χ1v) is 7.97. The van der Waals surface area contributed by atoms with E-state index in [1.165, 1.54) is 24.3 Å². The van der Waals surface area contributed by atoms with Crippen LogP contribution in [0, 0.1) is 12.7 Å². The molecule has 2 rings (SSSR count). The van der Waals surface area contributed by atoms with Crippen LogP contribution in [0.5, 0.6) is 0 Å². The molecule has 2 aromatic rings. The van der Waals surface area contributed by atoms with Crippen LogP contribution < -0.4 is 10.5 Å². The first-order chi connectivity index (χ1) is 9.85. The van der Waals surface area contributed by atoms with E-state index in [0.29, 0.717) is 11.1 Å². The quantitative estimate of drug-likeness (QED) is 0.906. The zero-order valence-electron chi connectivity index (χ0n) is 11.2. The molecule has 21 heavy (non-hydrogen) atoms. The fourth-order valence-corrected chi connectivity index (χ4v) is 3.37. The standard InChI is InChI=1S/C14H14ClFN2O2S/c1-9-5-6-10(8-17)7-13(9)21(19,20)18-12-4-2-3-11(15)14(12)16/h2-7,18H,8,17H2,1H3. The Morgan fingerprint density at radius 1 is 1.29 bits per heavy atom. The Bertz CT molecular complexity index is 779. The van der Waals surface area contributed by atoms with Crippen LogP contribution in [0.1, 0.15) is 11.1 Å². The van der Waals surface area contributed by atoms with Gasteiger partial charge in [0.05, 0.1) is 15.6 Å². The molecule has 0 aliphatic rings. The number of nitrogens with one attached hydrogen (secondary N) is 1. The summed E-state index contributed by atoms with van der Waals surface area (Å²) in [7, 11) is -3.92. The van der Waals surface area contributed by atoms with Crippen molar-refractivity contribution in [1.29, 1.82) is 0 Å². The molecule has 0 heterocycles. The van der Waals surface area contributed by atoms with Crippen LogP contribution in [0.15, 0.2) is 41.3 Å². The molecule has 3 N–H and O–H groups in total. The molecule has 0 saturated carbocycles. The van der Waals surface area contributed by atoms with Gasteiger partial charge in [0.1, 0.15) is 0 Å². The minimum atomic E-state index is -3.92. The lowest BCUT2D eigenvalue weighted by atomic mass is 10.1. The van der Waals surface area contributed by atoms with Crippen molar-refractivity contribution in [3.63, 3.8) is 0 Å². The zero-order valence-corrected chi connectivity index (χ0v) is 12.8. The van der Waals surface area contributed by atoms with Crippen molar-refractivity contribution in [2.75, 3.05) is 4.72 Å². The Kier molecular flexibility index (Phi) is 4.51. The molecular weight excluding hydrogens is 315 g/mol. The van der Waals surface area contributed by atoms with Crippen LogP contribution >= 0.6 is 11.6 Å².